The fraction of sp³-hybridized carbons (Fsp3) is 0.600. The molecule has 2 rings (SSSR count). The molecular weight excluding hydrogens is 272 g/mol. The van der Waals surface area contributed by atoms with Crippen LogP contribution in [0.25, 0.3) is 0 Å². The molecule has 0 radical (unpaired) electrons. The Morgan fingerprint density at radius 3 is 2.60 bits per heavy atom. The van der Waals surface area contributed by atoms with Crippen LogP contribution in [0.3, 0.4) is 0 Å². The van der Waals surface area contributed by atoms with Crippen LogP contribution in [-0.4, -0.2) is 21.5 Å². The van der Waals surface area contributed by atoms with Crippen molar-refractivity contribution in [2.75, 3.05) is 7.05 Å². The molecule has 1 atom stereocenters. The minimum Gasteiger partial charge on any atom is -0.316 e. The van der Waals surface area contributed by atoms with Crippen molar-refractivity contribution in [3.05, 3.63) is 29.3 Å². The van der Waals surface area contributed by atoms with Gasteiger partial charge in [-0.25, -0.2) is 13.1 Å². The van der Waals surface area contributed by atoms with Crippen LogP contribution >= 0.6 is 0 Å². The zero-order chi connectivity index (χ0) is 14.8. The molecule has 0 aromatic heterocycles. The van der Waals surface area contributed by atoms with Crippen molar-refractivity contribution >= 4 is 10.0 Å². The summed E-state index contributed by atoms with van der Waals surface area (Å²) in [5.74, 6) is 0.493. The van der Waals surface area contributed by atoms with Crippen LogP contribution < -0.4 is 10.0 Å². The molecule has 1 fully saturated rings. The second-order valence-electron chi connectivity index (χ2n) is 5.72. The van der Waals surface area contributed by atoms with Crippen molar-refractivity contribution in [1.82, 2.24) is 10.0 Å². The maximum atomic E-state index is 12.4. The molecule has 1 saturated carbocycles. The van der Waals surface area contributed by atoms with Gasteiger partial charge in [-0.05, 0) is 62.9 Å². The van der Waals surface area contributed by atoms with E-state index in [9.17, 15) is 8.42 Å². The Morgan fingerprint density at radius 2 is 2.05 bits per heavy atom. The fourth-order valence-corrected chi connectivity index (χ4v) is 3.91. The van der Waals surface area contributed by atoms with Crippen LogP contribution in [0.4, 0.5) is 0 Å². The average Bonchev–Trinajstić information content (AvgIpc) is 2.28. The van der Waals surface area contributed by atoms with E-state index in [1.165, 1.54) is 6.42 Å². The van der Waals surface area contributed by atoms with E-state index < -0.39 is 10.0 Å². The Hall–Kier alpha value is -0.910. The molecule has 1 aromatic rings. The lowest BCUT2D eigenvalue weighted by Crippen LogP contribution is -2.40. The van der Waals surface area contributed by atoms with Gasteiger partial charge in [0.05, 0.1) is 4.90 Å². The SMILES string of the molecule is CNCc1cc(S(=O)(=O)NC(C)C2CCC2)ccc1C. The topological polar surface area (TPSA) is 58.2 Å². The minimum absolute atomic E-state index is 0.0165. The van der Waals surface area contributed by atoms with E-state index in [-0.39, 0.29) is 6.04 Å². The van der Waals surface area contributed by atoms with E-state index in [2.05, 4.69) is 10.0 Å². The summed E-state index contributed by atoms with van der Waals surface area (Å²) < 4.78 is 27.7. The summed E-state index contributed by atoms with van der Waals surface area (Å²) in [6, 6.07) is 5.34. The Morgan fingerprint density at radius 1 is 1.35 bits per heavy atom. The molecule has 1 unspecified atom stereocenters. The Labute approximate surface area is 122 Å². The molecular formula is C15H24N2O2S. The van der Waals surface area contributed by atoms with Gasteiger partial charge in [0.1, 0.15) is 0 Å². The van der Waals surface area contributed by atoms with Gasteiger partial charge in [0.25, 0.3) is 0 Å². The number of benzene rings is 1. The van der Waals surface area contributed by atoms with Crippen molar-refractivity contribution in [3.63, 3.8) is 0 Å². The highest BCUT2D eigenvalue weighted by Crippen LogP contribution is 2.30. The number of nitrogens with one attached hydrogen (secondary N) is 2. The highest BCUT2D eigenvalue weighted by molar-refractivity contribution is 7.89. The van der Waals surface area contributed by atoms with Crippen LogP contribution in [0.1, 0.15) is 37.3 Å². The van der Waals surface area contributed by atoms with E-state index in [0.717, 1.165) is 24.0 Å². The highest BCUT2D eigenvalue weighted by Gasteiger charge is 2.28. The van der Waals surface area contributed by atoms with Crippen LogP contribution in [0.2, 0.25) is 0 Å². The third-order valence-corrected chi connectivity index (χ3v) is 5.75. The maximum Gasteiger partial charge on any atom is 0.240 e. The van der Waals surface area contributed by atoms with Gasteiger partial charge in [0.15, 0.2) is 0 Å². The third-order valence-electron chi connectivity index (χ3n) is 4.20. The first kappa shape index (κ1) is 15.5. The molecule has 0 spiro atoms. The largest absolute Gasteiger partial charge is 0.316 e. The lowest BCUT2D eigenvalue weighted by atomic mass is 9.81. The summed E-state index contributed by atoms with van der Waals surface area (Å²) >= 11 is 0. The number of rotatable bonds is 6. The predicted molar refractivity (Wildman–Crippen MR) is 81.1 cm³/mol. The van der Waals surface area contributed by atoms with E-state index in [4.69, 9.17) is 0 Å². The smallest absolute Gasteiger partial charge is 0.240 e. The van der Waals surface area contributed by atoms with E-state index >= 15 is 0 Å². The monoisotopic (exact) mass is 296 g/mol. The van der Waals surface area contributed by atoms with Gasteiger partial charge < -0.3 is 5.32 Å². The summed E-state index contributed by atoms with van der Waals surface area (Å²) in [5, 5.41) is 3.07. The summed E-state index contributed by atoms with van der Waals surface area (Å²) in [4.78, 5) is 0.361. The molecule has 2 N–H and O–H groups in total. The van der Waals surface area contributed by atoms with Gasteiger partial charge in [-0.1, -0.05) is 12.5 Å². The van der Waals surface area contributed by atoms with Crippen molar-refractivity contribution in [2.24, 2.45) is 5.92 Å². The Kier molecular flexibility index (Phi) is 4.83. The highest BCUT2D eigenvalue weighted by atomic mass is 32.2. The number of sulfonamides is 1. The van der Waals surface area contributed by atoms with Gasteiger partial charge in [-0.2, -0.15) is 0 Å². The van der Waals surface area contributed by atoms with Gasteiger partial charge in [-0.15, -0.1) is 0 Å². The lowest BCUT2D eigenvalue weighted by Gasteiger charge is -2.31. The standard InChI is InChI=1S/C15H24N2O2S/c1-11-7-8-15(9-14(11)10-16-3)20(18,19)17-12(2)13-5-4-6-13/h7-9,12-13,16-17H,4-6,10H2,1-3H3. The molecule has 0 saturated heterocycles. The van der Waals surface area contributed by atoms with Gasteiger partial charge in [0.2, 0.25) is 10.0 Å². The number of aryl methyl sites for hydroxylation is 1. The van der Waals surface area contributed by atoms with E-state index in [1.807, 2.05) is 27.0 Å². The van der Waals surface area contributed by atoms with Crippen molar-refractivity contribution in [1.29, 1.82) is 0 Å². The van der Waals surface area contributed by atoms with Gasteiger partial charge >= 0.3 is 0 Å². The maximum absolute atomic E-state index is 12.4. The summed E-state index contributed by atoms with van der Waals surface area (Å²) in [6.45, 7) is 4.63. The van der Waals surface area contributed by atoms with Crippen molar-refractivity contribution in [3.8, 4) is 0 Å². The Balaban J connectivity index is 2.17. The first-order chi connectivity index (χ1) is 9.44. The summed E-state index contributed by atoms with van der Waals surface area (Å²) in [6.07, 6.45) is 3.47. The average molecular weight is 296 g/mol. The summed E-state index contributed by atoms with van der Waals surface area (Å²) in [7, 11) is -1.56. The van der Waals surface area contributed by atoms with Crippen LogP contribution in [0.15, 0.2) is 23.1 Å². The molecule has 0 amide bonds. The predicted octanol–water partition coefficient (Wildman–Crippen LogP) is 2.18. The summed E-state index contributed by atoms with van der Waals surface area (Å²) in [5.41, 5.74) is 2.12. The third kappa shape index (κ3) is 3.40. The van der Waals surface area contributed by atoms with E-state index in [1.54, 1.807) is 12.1 Å². The molecule has 0 aliphatic heterocycles. The zero-order valence-corrected chi connectivity index (χ0v) is 13.3. The molecule has 1 aliphatic carbocycles. The van der Waals surface area contributed by atoms with Gasteiger partial charge in [-0.3, -0.25) is 0 Å². The second kappa shape index (κ2) is 6.24. The minimum atomic E-state index is -3.42. The first-order valence-electron chi connectivity index (χ1n) is 7.20. The normalized spacial score (nSPS) is 17.8. The van der Waals surface area contributed by atoms with E-state index in [0.29, 0.717) is 17.4 Å². The van der Waals surface area contributed by atoms with Crippen molar-refractivity contribution in [2.45, 2.75) is 50.6 Å². The van der Waals surface area contributed by atoms with Gasteiger partial charge in [0, 0.05) is 12.6 Å². The molecule has 112 valence electrons. The van der Waals surface area contributed by atoms with Crippen molar-refractivity contribution < 1.29 is 8.42 Å². The number of hydrogen-bond acceptors (Lipinski definition) is 3. The van der Waals surface area contributed by atoms with Crippen LogP contribution in [-0.2, 0) is 16.6 Å². The molecule has 0 heterocycles. The zero-order valence-electron chi connectivity index (χ0n) is 12.4. The van der Waals surface area contributed by atoms with Crippen LogP contribution in [0.5, 0.6) is 0 Å². The second-order valence-corrected chi connectivity index (χ2v) is 7.43. The quantitative estimate of drug-likeness (QED) is 0.846. The molecule has 0 bridgehead atoms. The fourth-order valence-electron chi connectivity index (χ4n) is 2.54. The number of hydrogen-bond donors (Lipinski definition) is 2. The molecule has 4 nitrogen and oxygen atoms in total. The molecule has 5 heteroatoms. The molecule has 20 heavy (non-hydrogen) atoms. The first-order valence-corrected chi connectivity index (χ1v) is 8.69. The molecule has 1 aliphatic rings. The van der Waals surface area contributed by atoms with Crippen LogP contribution in [0, 0.1) is 12.8 Å². The Bertz CT molecular complexity index is 565. The lowest BCUT2D eigenvalue weighted by molar-refractivity contribution is 0.260. The molecule has 1 aromatic carbocycles.